The van der Waals surface area contributed by atoms with Crippen LogP contribution in [0.15, 0.2) is 36.7 Å². The maximum absolute atomic E-state index is 10.8. The smallest absolute Gasteiger partial charge is 0.406 e. The van der Waals surface area contributed by atoms with Crippen LogP contribution in [0, 0.1) is 10.1 Å². The molecule has 1 N–H and O–H groups in total. The van der Waals surface area contributed by atoms with E-state index in [9.17, 15) is 10.1 Å². The molecular weight excluding hydrogens is 260 g/mol. The van der Waals surface area contributed by atoms with Gasteiger partial charge in [0.1, 0.15) is 12.8 Å². The highest BCUT2D eigenvalue weighted by Crippen LogP contribution is 2.23. The fourth-order valence-electron chi connectivity index (χ4n) is 1.65. The number of aromatic nitrogens is 2. The molecule has 0 spiro atoms. The second-order valence-electron chi connectivity index (χ2n) is 3.94. The maximum atomic E-state index is 10.8. The van der Waals surface area contributed by atoms with Gasteiger partial charge in [-0.2, -0.15) is 0 Å². The molecule has 7 nitrogen and oxygen atoms in total. The standard InChI is InChI=1S/C13H14N4O3/c1-2-14-10-5-7-15-11(8-10)9-20-12-4-3-6-16-13(12)17(18)19/h3-8H,2,9H2,1H3,(H,14,15). The van der Waals surface area contributed by atoms with Crippen molar-refractivity contribution in [3.05, 3.63) is 52.5 Å². The van der Waals surface area contributed by atoms with E-state index in [4.69, 9.17) is 4.74 Å². The summed E-state index contributed by atoms with van der Waals surface area (Å²) in [5.41, 5.74) is 1.61. The number of ether oxygens (including phenoxy) is 1. The van der Waals surface area contributed by atoms with Gasteiger partial charge in [0, 0.05) is 18.4 Å². The van der Waals surface area contributed by atoms with E-state index >= 15 is 0 Å². The second kappa shape index (κ2) is 6.46. The van der Waals surface area contributed by atoms with Crippen LogP contribution in [0.1, 0.15) is 12.6 Å². The molecule has 0 radical (unpaired) electrons. The number of nitro groups is 1. The van der Waals surface area contributed by atoms with Gasteiger partial charge in [-0.3, -0.25) is 4.98 Å². The summed E-state index contributed by atoms with van der Waals surface area (Å²) in [4.78, 5) is 18.1. The number of nitrogens with zero attached hydrogens (tertiary/aromatic N) is 3. The number of rotatable bonds is 6. The van der Waals surface area contributed by atoms with Crippen molar-refractivity contribution in [2.24, 2.45) is 0 Å². The summed E-state index contributed by atoms with van der Waals surface area (Å²) in [6, 6.07) is 6.79. The lowest BCUT2D eigenvalue weighted by Gasteiger charge is -2.07. The first kappa shape index (κ1) is 13.7. The first-order valence-corrected chi connectivity index (χ1v) is 6.11. The number of hydrogen-bond acceptors (Lipinski definition) is 6. The summed E-state index contributed by atoms with van der Waals surface area (Å²) in [5, 5.41) is 14.0. The zero-order chi connectivity index (χ0) is 14.4. The van der Waals surface area contributed by atoms with E-state index in [1.54, 1.807) is 12.3 Å². The van der Waals surface area contributed by atoms with E-state index in [0.717, 1.165) is 12.2 Å². The summed E-state index contributed by atoms with van der Waals surface area (Å²) < 4.78 is 5.42. The molecule has 0 aromatic carbocycles. The monoisotopic (exact) mass is 274 g/mol. The van der Waals surface area contributed by atoms with E-state index in [1.807, 2.05) is 19.1 Å². The van der Waals surface area contributed by atoms with E-state index in [2.05, 4.69) is 15.3 Å². The molecular formula is C13H14N4O3. The van der Waals surface area contributed by atoms with Gasteiger partial charge in [-0.25, -0.2) is 0 Å². The lowest BCUT2D eigenvalue weighted by atomic mass is 10.3. The van der Waals surface area contributed by atoms with Gasteiger partial charge in [-0.15, -0.1) is 0 Å². The third-order valence-corrected chi connectivity index (χ3v) is 2.50. The Morgan fingerprint density at radius 2 is 2.20 bits per heavy atom. The summed E-state index contributed by atoms with van der Waals surface area (Å²) >= 11 is 0. The molecule has 7 heteroatoms. The Morgan fingerprint density at radius 1 is 1.35 bits per heavy atom. The Morgan fingerprint density at radius 3 is 2.95 bits per heavy atom. The number of pyridine rings is 2. The molecule has 0 atom stereocenters. The van der Waals surface area contributed by atoms with E-state index in [1.165, 1.54) is 12.3 Å². The van der Waals surface area contributed by atoms with Crippen LogP contribution in [-0.4, -0.2) is 21.4 Å². The summed E-state index contributed by atoms with van der Waals surface area (Å²) in [6.45, 7) is 2.94. The van der Waals surface area contributed by atoms with Gasteiger partial charge in [-0.05, 0) is 41.1 Å². The molecule has 2 aromatic rings. The number of anilines is 1. The SMILES string of the molecule is CCNc1ccnc(COc2cccnc2[N+](=O)[O-])c1. The van der Waals surface area contributed by atoms with Gasteiger partial charge in [0.15, 0.2) is 0 Å². The predicted molar refractivity (Wildman–Crippen MR) is 73.6 cm³/mol. The number of nitrogens with one attached hydrogen (secondary N) is 1. The average Bonchev–Trinajstić information content (AvgIpc) is 2.46. The first-order valence-electron chi connectivity index (χ1n) is 6.11. The average molecular weight is 274 g/mol. The van der Waals surface area contributed by atoms with Crippen molar-refractivity contribution in [1.82, 2.24) is 9.97 Å². The van der Waals surface area contributed by atoms with Crippen molar-refractivity contribution in [3.63, 3.8) is 0 Å². The first-order chi connectivity index (χ1) is 9.70. The Bertz CT molecular complexity index is 604. The van der Waals surface area contributed by atoms with E-state index in [-0.39, 0.29) is 18.2 Å². The van der Waals surface area contributed by atoms with Gasteiger partial charge in [0.25, 0.3) is 0 Å². The van der Waals surface area contributed by atoms with Gasteiger partial charge in [0.2, 0.25) is 5.75 Å². The van der Waals surface area contributed by atoms with Crippen LogP contribution < -0.4 is 10.1 Å². The zero-order valence-electron chi connectivity index (χ0n) is 10.9. The molecule has 0 unspecified atom stereocenters. The largest absolute Gasteiger partial charge is 0.479 e. The van der Waals surface area contributed by atoms with Crippen molar-refractivity contribution < 1.29 is 9.66 Å². The van der Waals surface area contributed by atoms with E-state index < -0.39 is 4.92 Å². The lowest BCUT2D eigenvalue weighted by Crippen LogP contribution is -2.03. The second-order valence-corrected chi connectivity index (χ2v) is 3.94. The minimum atomic E-state index is -0.572. The highest BCUT2D eigenvalue weighted by atomic mass is 16.6. The fraction of sp³-hybridized carbons (Fsp3) is 0.231. The molecule has 20 heavy (non-hydrogen) atoms. The third kappa shape index (κ3) is 3.41. The molecule has 0 aliphatic carbocycles. The van der Waals surface area contributed by atoms with Crippen LogP contribution in [0.5, 0.6) is 5.75 Å². The van der Waals surface area contributed by atoms with Crippen molar-refractivity contribution >= 4 is 11.5 Å². The van der Waals surface area contributed by atoms with E-state index in [0.29, 0.717) is 5.69 Å². The Labute approximate surface area is 115 Å². The fourth-order valence-corrected chi connectivity index (χ4v) is 1.65. The molecule has 2 rings (SSSR count). The predicted octanol–water partition coefficient (Wildman–Crippen LogP) is 2.40. The Kier molecular flexibility index (Phi) is 4.43. The highest BCUT2D eigenvalue weighted by molar-refractivity contribution is 5.43. The maximum Gasteiger partial charge on any atom is 0.406 e. The number of hydrogen-bond donors (Lipinski definition) is 1. The normalized spacial score (nSPS) is 10.1. The molecule has 0 aliphatic heterocycles. The topological polar surface area (TPSA) is 90.2 Å². The molecule has 104 valence electrons. The van der Waals surface area contributed by atoms with Crippen LogP contribution in [0.2, 0.25) is 0 Å². The lowest BCUT2D eigenvalue weighted by molar-refractivity contribution is -0.390. The molecule has 2 aromatic heterocycles. The van der Waals surface area contributed by atoms with Gasteiger partial charge in [-0.1, -0.05) is 0 Å². The summed E-state index contributed by atoms with van der Waals surface area (Å²) in [5.74, 6) is -0.163. The minimum absolute atomic E-state index is 0.133. The minimum Gasteiger partial charge on any atom is -0.479 e. The van der Waals surface area contributed by atoms with Crippen molar-refractivity contribution in [2.45, 2.75) is 13.5 Å². The van der Waals surface area contributed by atoms with Crippen molar-refractivity contribution in [2.75, 3.05) is 11.9 Å². The third-order valence-electron chi connectivity index (χ3n) is 2.50. The summed E-state index contributed by atoms with van der Waals surface area (Å²) in [6.07, 6.45) is 3.02. The van der Waals surface area contributed by atoms with Crippen LogP contribution in [0.4, 0.5) is 11.5 Å². The highest BCUT2D eigenvalue weighted by Gasteiger charge is 2.15. The Hall–Kier alpha value is -2.70. The molecule has 2 heterocycles. The molecule has 0 aliphatic rings. The van der Waals surface area contributed by atoms with Crippen LogP contribution in [0.3, 0.4) is 0 Å². The summed E-state index contributed by atoms with van der Waals surface area (Å²) in [7, 11) is 0. The van der Waals surface area contributed by atoms with Crippen molar-refractivity contribution in [3.8, 4) is 5.75 Å². The molecule has 0 saturated carbocycles. The van der Waals surface area contributed by atoms with Gasteiger partial charge >= 0.3 is 5.82 Å². The van der Waals surface area contributed by atoms with Gasteiger partial charge < -0.3 is 20.2 Å². The Balaban J connectivity index is 2.09. The molecule has 0 saturated heterocycles. The molecule has 0 bridgehead atoms. The quantitative estimate of drug-likeness (QED) is 0.642. The van der Waals surface area contributed by atoms with Crippen LogP contribution in [0.25, 0.3) is 0 Å². The molecule has 0 fully saturated rings. The van der Waals surface area contributed by atoms with Crippen molar-refractivity contribution in [1.29, 1.82) is 0 Å². The zero-order valence-corrected chi connectivity index (χ0v) is 10.9. The van der Waals surface area contributed by atoms with Gasteiger partial charge in [0.05, 0.1) is 5.69 Å². The molecule has 0 amide bonds. The van der Waals surface area contributed by atoms with Crippen LogP contribution >= 0.6 is 0 Å². The van der Waals surface area contributed by atoms with Crippen LogP contribution in [-0.2, 0) is 6.61 Å².